The molecule has 20 heavy (non-hydrogen) atoms. The van der Waals surface area contributed by atoms with Crippen LogP contribution in [-0.4, -0.2) is 37.9 Å². The Labute approximate surface area is 141 Å². The zero-order chi connectivity index (χ0) is 15.3. The number of benzene rings is 1. The summed E-state index contributed by atoms with van der Waals surface area (Å²) < 4.78 is 42.8. The van der Waals surface area contributed by atoms with Crippen molar-refractivity contribution in [1.29, 1.82) is 0 Å². The molecule has 0 aliphatic rings. The van der Waals surface area contributed by atoms with E-state index in [1.54, 1.807) is 12.1 Å². The molecule has 0 amide bonds. The number of rotatable bonds is 6. The fourth-order valence-corrected chi connectivity index (χ4v) is 3.87. The van der Waals surface area contributed by atoms with Gasteiger partial charge in [-0.2, -0.15) is 0 Å². The van der Waals surface area contributed by atoms with Crippen molar-refractivity contribution in [1.82, 2.24) is 0 Å². The van der Waals surface area contributed by atoms with Crippen molar-refractivity contribution in [3.05, 3.63) is 25.6 Å². The van der Waals surface area contributed by atoms with Crippen LogP contribution in [0, 0.1) is 0 Å². The molecule has 1 rings (SSSR count). The molecule has 0 aliphatic heterocycles. The van der Waals surface area contributed by atoms with Gasteiger partial charge in [0.25, 0.3) is 0 Å². The first-order valence-electron chi connectivity index (χ1n) is 5.05. The van der Waals surface area contributed by atoms with Crippen molar-refractivity contribution >= 4 is 63.9 Å². The monoisotopic (exact) mass is 493 g/mol. The van der Waals surface area contributed by atoms with Gasteiger partial charge in [-0.25, -0.2) is 13.2 Å². The van der Waals surface area contributed by atoms with Gasteiger partial charge >= 0.3 is 5.97 Å². The molecular weight excluding hydrogens is 488 g/mol. The zero-order valence-electron chi connectivity index (χ0n) is 9.77. The average Bonchev–Trinajstić information content (AvgIpc) is 2.25. The van der Waals surface area contributed by atoms with Crippen molar-refractivity contribution in [2.24, 2.45) is 0 Å². The lowest BCUT2D eigenvalue weighted by Gasteiger charge is -2.11. The van der Waals surface area contributed by atoms with Gasteiger partial charge < -0.3 is 14.0 Å². The highest BCUT2D eigenvalue weighted by Crippen LogP contribution is 2.36. The molecule has 1 aromatic carbocycles. The number of ether oxygens (including phenoxy) is 2. The quantitative estimate of drug-likeness (QED) is 0.444. The molecule has 0 atom stereocenters. The van der Waals surface area contributed by atoms with Crippen LogP contribution in [-0.2, 0) is 19.6 Å². The molecule has 0 bridgehead atoms. The smallest absolute Gasteiger partial charge is 0.344 e. The van der Waals surface area contributed by atoms with Crippen LogP contribution in [0.15, 0.2) is 25.6 Å². The molecule has 6 nitrogen and oxygen atoms in total. The minimum atomic E-state index is -4.39. The molecule has 0 aliphatic carbocycles. The molecule has 10 heteroatoms. The summed E-state index contributed by atoms with van der Waals surface area (Å²) in [6.45, 7) is -0.894. The van der Waals surface area contributed by atoms with Crippen LogP contribution in [0.4, 0.5) is 0 Å². The fraction of sp³-hybridized carbons (Fsp3) is 0.300. The first kappa shape index (κ1) is 17.9. The Morgan fingerprint density at radius 1 is 1.20 bits per heavy atom. The fourth-order valence-electron chi connectivity index (χ4n) is 1.10. The van der Waals surface area contributed by atoms with Gasteiger partial charge in [0, 0.05) is 4.47 Å². The third-order valence-corrected chi connectivity index (χ3v) is 4.20. The van der Waals surface area contributed by atoms with E-state index in [1.165, 1.54) is 0 Å². The van der Waals surface area contributed by atoms with E-state index in [0.717, 1.165) is 4.47 Å². The molecular formula is C10H8Br3O6S-. The van der Waals surface area contributed by atoms with Gasteiger partial charge in [0.1, 0.15) is 12.4 Å². The van der Waals surface area contributed by atoms with Crippen LogP contribution in [0.3, 0.4) is 0 Å². The van der Waals surface area contributed by atoms with E-state index in [1.807, 2.05) is 0 Å². The lowest BCUT2D eigenvalue weighted by atomic mass is 10.3. The van der Waals surface area contributed by atoms with Gasteiger partial charge in [-0.05, 0) is 44.0 Å². The number of hydrogen-bond acceptors (Lipinski definition) is 6. The highest BCUT2D eigenvalue weighted by molar-refractivity contribution is 9.11. The van der Waals surface area contributed by atoms with Crippen molar-refractivity contribution in [3.8, 4) is 5.75 Å². The highest BCUT2D eigenvalue weighted by atomic mass is 79.9. The van der Waals surface area contributed by atoms with Crippen LogP contribution in [0.1, 0.15) is 0 Å². The minimum Gasteiger partial charge on any atom is -0.748 e. The molecule has 0 heterocycles. The van der Waals surface area contributed by atoms with E-state index in [9.17, 15) is 17.8 Å². The molecule has 0 aromatic heterocycles. The van der Waals surface area contributed by atoms with E-state index in [2.05, 4.69) is 52.5 Å². The second-order valence-electron chi connectivity index (χ2n) is 3.47. The largest absolute Gasteiger partial charge is 0.748 e. The van der Waals surface area contributed by atoms with Crippen molar-refractivity contribution in [2.45, 2.75) is 0 Å². The summed E-state index contributed by atoms with van der Waals surface area (Å²) >= 11 is 9.82. The summed E-state index contributed by atoms with van der Waals surface area (Å²) in [6.07, 6.45) is 0. The van der Waals surface area contributed by atoms with Crippen molar-refractivity contribution in [3.63, 3.8) is 0 Å². The minimum absolute atomic E-state index is 0.404. The normalized spacial score (nSPS) is 11.2. The molecule has 0 saturated carbocycles. The third-order valence-electron chi connectivity index (χ3n) is 1.89. The molecule has 0 fully saturated rings. The van der Waals surface area contributed by atoms with Gasteiger partial charge in [-0.1, -0.05) is 15.9 Å². The Bertz CT molecular complexity index is 578. The van der Waals surface area contributed by atoms with E-state index < -0.39 is 35.1 Å². The lowest BCUT2D eigenvalue weighted by Crippen LogP contribution is -2.19. The maximum Gasteiger partial charge on any atom is 0.344 e. The molecule has 0 unspecified atom stereocenters. The molecule has 0 spiro atoms. The summed E-state index contributed by atoms with van der Waals surface area (Å²) in [6, 6.07) is 3.46. The second-order valence-corrected chi connectivity index (χ2v) is 7.62. The van der Waals surface area contributed by atoms with Crippen LogP contribution >= 0.6 is 47.8 Å². The van der Waals surface area contributed by atoms with Crippen molar-refractivity contribution in [2.75, 3.05) is 19.0 Å². The Balaban J connectivity index is 2.50. The summed E-state index contributed by atoms with van der Waals surface area (Å²) in [5.74, 6) is -1.12. The molecule has 0 saturated heterocycles. The number of esters is 1. The Morgan fingerprint density at radius 2 is 1.75 bits per heavy atom. The Kier molecular flexibility index (Phi) is 6.92. The van der Waals surface area contributed by atoms with E-state index >= 15 is 0 Å². The van der Waals surface area contributed by atoms with Gasteiger partial charge in [-0.15, -0.1) is 0 Å². The number of hydrogen-bond donors (Lipinski definition) is 0. The Hall–Kier alpha value is -0.160. The van der Waals surface area contributed by atoms with Gasteiger partial charge in [0.15, 0.2) is 6.61 Å². The summed E-state index contributed by atoms with van der Waals surface area (Å²) in [7, 11) is -4.39. The molecule has 0 N–H and O–H groups in total. The van der Waals surface area contributed by atoms with Crippen molar-refractivity contribution < 1.29 is 27.2 Å². The van der Waals surface area contributed by atoms with Crippen LogP contribution in [0.2, 0.25) is 0 Å². The van der Waals surface area contributed by atoms with Crippen LogP contribution in [0.5, 0.6) is 5.75 Å². The highest BCUT2D eigenvalue weighted by Gasteiger charge is 2.11. The van der Waals surface area contributed by atoms with E-state index in [4.69, 9.17) is 4.74 Å². The summed E-state index contributed by atoms with van der Waals surface area (Å²) in [4.78, 5) is 11.3. The van der Waals surface area contributed by atoms with Gasteiger partial charge in [0.05, 0.1) is 24.8 Å². The Morgan fingerprint density at radius 3 is 2.25 bits per heavy atom. The maximum atomic E-state index is 11.3. The van der Waals surface area contributed by atoms with Gasteiger partial charge in [-0.3, -0.25) is 0 Å². The molecule has 0 radical (unpaired) electrons. The van der Waals surface area contributed by atoms with E-state index in [0.29, 0.717) is 14.7 Å². The summed E-state index contributed by atoms with van der Waals surface area (Å²) in [5, 5.41) is 0. The van der Waals surface area contributed by atoms with Gasteiger partial charge in [0.2, 0.25) is 0 Å². The number of carbonyl (C=O) groups is 1. The zero-order valence-corrected chi connectivity index (χ0v) is 15.3. The second kappa shape index (κ2) is 7.74. The predicted molar refractivity (Wildman–Crippen MR) is 80.6 cm³/mol. The topological polar surface area (TPSA) is 92.7 Å². The maximum absolute atomic E-state index is 11.3. The molecule has 112 valence electrons. The first-order chi connectivity index (χ1) is 9.19. The molecule has 1 aromatic rings. The van der Waals surface area contributed by atoms with E-state index in [-0.39, 0.29) is 0 Å². The van der Waals surface area contributed by atoms with Crippen LogP contribution < -0.4 is 4.74 Å². The number of halogens is 3. The van der Waals surface area contributed by atoms with Crippen LogP contribution in [0.25, 0.3) is 0 Å². The standard InChI is InChI=1S/C10H9Br3O6S/c11-6-3-7(12)10(8(13)4-6)19-5-9(14)18-1-2-20(15,16)17/h3-4H,1-2,5H2,(H,15,16,17)/p-1. The summed E-state index contributed by atoms with van der Waals surface area (Å²) in [5.41, 5.74) is 0. The number of carbonyl (C=O) groups excluding carboxylic acids is 1. The third kappa shape index (κ3) is 6.53. The first-order valence-corrected chi connectivity index (χ1v) is 9.01. The predicted octanol–water partition coefficient (Wildman–Crippen LogP) is 2.44. The lowest BCUT2D eigenvalue weighted by molar-refractivity contribution is -0.145. The SMILES string of the molecule is O=C(COc1c(Br)cc(Br)cc1Br)OCCS(=O)(=O)[O-]. The average molecular weight is 496 g/mol.